The summed E-state index contributed by atoms with van der Waals surface area (Å²) in [6.07, 6.45) is 5.05. The van der Waals surface area contributed by atoms with Gasteiger partial charge in [-0.2, -0.15) is 0 Å². The minimum atomic E-state index is -3.08. The Balaban J connectivity index is 2.40. The fourth-order valence-electron chi connectivity index (χ4n) is 2.16. The van der Waals surface area contributed by atoms with Gasteiger partial charge in [0.15, 0.2) is 0 Å². The van der Waals surface area contributed by atoms with Gasteiger partial charge in [0.1, 0.15) is 0 Å². The van der Waals surface area contributed by atoms with Crippen molar-refractivity contribution in [3.05, 3.63) is 12.7 Å². The van der Waals surface area contributed by atoms with Crippen molar-refractivity contribution in [3.63, 3.8) is 0 Å². The lowest BCUT2D eigenvalue weighted by Crippen LogP contribution is -2.37. The van der Waals surface area contributed by atoms with Crippen LogP contribution >= 0.6 is 0 Å². The van der Waals surface area contributed by atoms with Crippen molar-refractivity contribution in [2.75, 3.05) is 39.0 Å². The van der Waals surface area contributed by atoms with Crippen molar-refractivity contribution in [2.24, 2.45) is 0 Å². The van der Waals surface area contributed by atoms with E-state index < -0.39 is 10.0 Å². The standard InChI is InChI=1S/C12H24N2O3S/c1-3-4-6-12(15)11-13-7-5-8-14(10-9-13)18(2,16)17/h3,12,15H,1,4-11H2,2H3. The van der Waals surface area contributed by atoms with E-state index in [-0.39, 0.29) is 6.10 Å². The molecular formula is C12H24N2O3S. The van der Waals surface area contributed by atoms with E-state index in [4.69, 9.17) is 0 Å². The quantitative estimate of drug-likeness (QED) is 0.708. The number of allylic oxidation sites excluding steroid dienone is 1. The molecule has 1 aliphatic heterocycles. The van der Waals surface area contributed by atoms with Gasteiger partial charge in [0, 0.05) is 26.2 Å². The Morgan fingerprint density at radius 1 is 1.33 bits per heavy atom. The molecule has 0 aromatic heterocycles. The van der Waals surface area contributed by atoms with Crippen molar-refractivity contribution >= 4 is 10.0 Å². The van der Waals surface area contributed by atoms with Crippen LogP contribution in [-0.2, 0) is 10.0 Å². The largest absolute Gasteiger partial charge is 0.392 e. The van der Waals surface area contributed by atoms with Crippen molar-refractivity contribution in [3.8, 4) is 0 Å². The number of β-amino-alcohol motifs (C(OH)–C–C–N with tert-alkyl or cyclic N) is 1. The predicted molar refractivity (Wildman–Crippen MR) is 72.9 cm³/mol. The first-order valence-corrected chi connectivity index (χ1v) is 8.24. The van der Waals surface area contributed by atoms with Crippen LogP contribution in [0.25, 0.3) is 0 Å². The minimum Gasteiger partial charge on any atom is -0.392 e. The highest BCUT2D eigenvalue weighted by molar-refractivity contribution is 7.88. The van der Waals surface area contributed by atoms with Crippen LogP contribution < -0.4 is 0 Å². The Morgan fingerprint density at radius 3 is 2.67 bits per heavy atom. The molecule has 1 atom stereocenters. The van der Waals surface area contributed by atoms with Crippen molar-refractivity contribution in [1.29, 1.82) is 0 Å². The molecular weight excluding hydrogens is 252 g/mol. The summed E-state index contributed by atoms with van der Waals surface area (Å²) in [4.78, 5) is 2.14. The molecule has 0 amide bonds. The zero-order valence-corrected chi connectivity index (χ0v) is 11.9. The molecule has 0 saturated carbocycles. The summed E-state index contributed by atoms with van der Waals surface area (Å²) in [5.74, 6) is 0. The highest BCUT2D eigenvalue weighted by Gasteiger charge is 2.22. The molecule has 18 heavy (non-hydrogen) atoms. The second-order valence-corrected chi connectivity index (χ2v) is 6.82. The molecule has 1 saturated heterocycles. The summed E-state index contributed by atoms with van der Waals surface area (Å²) in [6, 6.07) is 0. The van der Waals surface area contributed by atoms with Crippen molar-refractivity contribution < 1.29 is 13.5 Å². The Kier molecular flexibility index (Phi) is 6.28. The van der Waals surface area contributed by atoms with Gasteiger partial charge in [-0.3, -0.25) is 4.90 Å². The van der Waals surface area contributed by atoms with E-state index in [1.54, 1.807) is 6.08 Å². The van der Waals surface area contributed by atoms with Crippen LogP contribution in [0.2, 0.25) is 0 Å². The Morgan fingerprint density at radius 2 is 2.06 bits per heavy atom. The maximum atomic E-state index is 11.5. The number of hydrogen-bond acceptors (Lipinski definition) is 4. The lowest BCUT2D eigenvalue weighted by atomic mass is 10.2. The summed E-state index contributed by atoms with van der Waals surface area (Å²) in [6.45, 7) is 6.89. The van der Waals surface area contributed by atoms with E-state index >= 15 is 0 Å². The van der Waals surface area contributed by atoms with Gasteiger partial charge in [-0.05, 0) is 25.8 Å². The highest BCUT2D eigenvalue weighted by Crippen LogP contribution is 2.08. The van der Waals surface area contributed by atoms with Gasteiger partial charge in [0.25, 0.3) is 0 Å². The maximum absolute atomic E-state index is 11.5. The summed E-state index contributed by atoms with van der Waals surface area (Å²) >= 11 is 0. The fraction of sp³-hybridized carbons (Fsp3) is 0.833. The van der Waals surface area contributed by atoms with E-state index in [1.807, 2.05) is 0 Å². The van der Waals surface area contributed by atoms with Crippen LogP contribution in [-0.4, -0.2) is 67.8 Å². The van der Waals surface area contributed by atoms with Crippen molar-refractivity contribution in [1.82, 2.24) is 9.21 Å². The van der Waals surface area contributed by atoms with E-state index in [1.165, 1.54) is 10.6 Å². The smallest absolute Gasteiger partial charge is 0.211 e. The number of aliphatic hydroxyl groups excluding tert-OH is 1. The van der Waals surface area contributed by atoms with Crippen LogP contribution in [0.1, 0.15) is 19.3 Å². The molecule has 0 spiro atoms. The topological polar surface area (TPSA) is 60.9 Å². The van der Waals surface area contributed by atoms with Gasteiger partial charge in [-0.15, -0.1) is 6.58 Å². The highest BCUT2D eigenvalue weighted by atomic mass is 32.2. The third kappa shape index (κ3) is 5.48. The number of sulfonamides is 1. The van der Waals surface area contributed by atoms with E-state index in [0.717, 1.165) is 25.8 Å². The van der Waals surface area contributed by atoms with Gasteiger partial charge in [-0.25, -0.2) is 12.7 Å². The molecule has 1 aliphatic rings. The molecule has 1 unspecified atom stereocenters. The average Bonchev–Trinajstić information content (AvgIpc) is 2.51. The third-order valence-electron chi connectivity index (χ3n) is 3.19. The first-order valence-electron chi connectivity index (χ1n) is 6.40. The number of rotatable bonds is 6. The number of nitrogens with zero attached hydrogens (tertiary/aromatic N) is 2. The van der Waals surface area contributed by atoms with Gasteiger partial charge >= 0.3 is 0 Å². The summed E-state index contributed by atoms with van der Waals surface area (Å²) in [5, 5.41) is 9.83. The Labute approximate surface area is 110 Å². The minimum absolute atomic E-state index is 0.354. The summed E-state index contributed by atoms with van der Waals surface area (Å²) in [7, 11) is -3.08. The molecule has 1 fully saturated rings. The molecule has 0 aliphatic carbocycles. The molecule has 0 radical (unpaired) electrons. The number of hydrogen-bond donors (Lipinski definition) is 1. The van der Waals surface area contributed by atoms with Crippen LogP contribution in [0.5, 0.6) is 0 Å². The third-order valence-corrected chi connectivity index (χ3v) is 4.49. The van der Waals surface area contributed by atoms with Crippen molar-refractivity contribution in [2.45, 2.75) is 25.4 Å². The molecule has 1 N–H and O–H groups in total. The number of aliphatic hydroxyl groups is 1. The van der Waals surface area contributed by atoms with E-state index in [0.29, 0.717) is 26.2 Å². The molecule has 6 heteroatoms. The second-order valence-electron chi connectivity index (χ2n) is 4.84. The lowest BCUT2D eigenvalue weighted by Gasteiger charge is -2.23. The summed E-state index contributed by atoms with van der Waals surface area (Å²) < 4.78 is 24.4. The van der Waals surface area contributed by atoms with Gasteiger partial charge in [0.2, 0.25) is 10.0 Å². The molecule has 0 bridgehead atoms. The van der Waals surface area contributed by atoms with Crippen LogP contribution in [0.15, 0.2) is 12.7 Å². The van der Waals surface area contributed by atoms with Crippen LogP contribution in [0.4, 0.5) is 0 Å². The lowest BCUT2D eigenvalue weighted by molar-refractivity contribution is 0.109. The molecule has 5 nitrogen and oxygen atoms in total. The first-order chi connectivity index (χ1) is 8.43. The zero-order chi connectivity index (χ0) is 13.6. The molecule has 1 rings (SSSR count). The normalized spacial score (nSPS) is 21.4. The van der Waals surface area contributed by atoms with Gasteiger partial charge in [-0.1, -0.05) is 6.08 Å². The van der Waals surface area contributed by atoms with E-state index in [9.17, 15) is 13.5 Å². The fourth-order valence-corrected chi connectivity index (χ4v) is 3.04. The van der Waals surface area contributed by atoms with E-state index in [2.05, 4.69) is 11.5 Å². The maximum Gasteiger partial charge on any atom is 0.211 e. The van der Waals surface area contributed by atoms with Crippen LogP contribution in [0, 0.1) is 0 Å². The Hall–Kier alpha value is -0.430. The monoisotopic (exact) mass is 276 g/mol. The molecule has 0 aromatic carbocycles. The Bertz CT molecular complexity index is 356. The van der Waals surface area contributed by atoms with Crippen LogP contribution in [0.3, 0.4) is 0 Å². The van der Waals surface area contributed by atoms with Gasteiger partial charge in [0.05, 0.1) is 12.4 Å². The zero-order valence-electron chi connectivity index (χ0n) is 11.1. The van der Waals surface area contributed by atoms with Gasteiger partial charge < -0.3 is 5.11 Å². The SMILES string of the molecule is C=CCCC(O)CN1CCCN(S(C)(=O)=O)CC1. The average molecular weight is 276 g/mol. The second kappa shape index (κ2) is 7.23. The molecule has 0 aromatic rings. The summed E-state index contributed by atoms with van der Waals surface area (Å²) in [5.41, 5.74) is 0. The molecule has 106 valence electrons. The first kappa shape index (κ1) is 15.6. The predicted octanol–water partition coefficient (Wildman–Crippen LogP) is 0.281. The molecule has 1 heterocycles.